The monoisotopic (exact) mass is 224 g/mol. The molecule has 1 unspecified atom stereocenters. The van der Waals surface area contributed by atoms with E-state index in [0.717, 1.165) is 0 Å². The number of hydrogen-bond acceptors (Lipinski definition) is 6. The minimum atomic E-state index is -2.01. The molecule has 0 saturated heterocycles. The molecule has 15 heavy (non-hydrogen) atoms. The number of hydrogen-bond donors (Lipinski definition) is 1. The summed E-state index contributed by atoms with van der Waals surface area (Å²) in [5, 5.41) is 10.1. The Labute approximate surface area is 90.0 Å². The van der Waals surface area contributed by atoms with Crippen LogP contribution in [0.2, 0.25) is 0 Å². The highest BCUT2D eigenvalue weighted by Crippen LogP contribution is 2.29. The van der Waals surface area contributed by atoms with Gasteiger partial charge in [0.25, 0.3) is 5.79 Å². The largest absolute Gasteiger partial charge is 0.379 e. The second kappa shape index (κ2) is 6.37. The fraction of sp³-hybridized carbons (Fsp3) is 1.00. The third-order valence-corrected chi connectivity index (χ3v) is 2.09. The molecule has 0 bridgehead atoms. The molecule has 0 aliphatic heterocycles. The van der Waals surface area contributed by atoms with Gasteiger partial charge in [-0.1, -0.05) is 0 Å². The minimum Gasteiger partial charge on any atom is -0.379 e. The molecule has 1 atom stereocenters. The van der Waals surface area contributed by atoms with Gasteiger partial charge in [-0.2, -0.15) is 0 Å². The Kier molecular flexibility index (Phi) is 6.26. The second-order valence-electron chi connectivity index (χ2n) is 2.81. The van der Waals surface area contributed by atoms with E-state index >= 15 is 0 Å². The van der Waals surface area contributed by atoms with Gasteiger partial charge in [0.2, 0.25) is 0 Å². The molecule has 6 nitrogen and oxygen atoms in total. The normalized spacial score (nSPS) is 16.4. The fourth-order valence-electron chi connectivity index (χ4n) is 1.26. The van der Waals surface area contributed by atoms with E-state index in [1.165, 1.54) is 28.4 Å². The SMILES string of the molecule is CCOC(O)(OC)C(COC)(OC)OC. The molecule has 0 aliphatic carbocycles. The van der Waals surface area contributed by atoms with Crippen LogP contribution >= 0.6 is 0 Å². The van der Waals surface area contributed by atoms with Crippen LogP contribution in [0, 0.1) is 0 Å². The second-order valence-corrected chi connectivity index (χ2v) is 2.81. The Morgan fingerprint density at radius 1 is 1.00 bits per heavy atom. The van der Waals surface area contributed by atoms with Crippen molar-refractivity contribution in [1.82, 2.24) is 0 Å². The summed E-state index contributed by atoms with van der Waals surface area (Å²) in [5.74, 6) is -3.53. The van der Waals surface area contributed by atoms with Gasteiger partial charge >= 0.3 is 5.97 Å². The van der Waals surface area contributed by atoms with Crippen LogP contribution in [-0.2, 0) is 23.7 Å². The predicted molar refractivity (Wildman–Crippen MR) is 52.2 cm³/mol. The van der Waals surface area contributed by atoms with E-state index in [1.807, 2.05) is 0 Å². The summed E-state index contributed by atoms with van der Waals surface area (Å²) in [6, 6.07) is 0. The smallest absolute Gasteiger partial charge is 0.340 e. The van der Waals surface area contributed by atoms with Crippen molar-refractivity contribution in [3.63, 3.8) is 0 Å². The molecule has 92 valence electrons. The van der Waals surface area contributed by atoms with Crippen molar-refractivity contribution in [3.8, 4) is 0 Å². The number of ether oxygens (including phenoxy) is 5. The van der Waals surface area contributed by atoms with Gasteiger partial charge in [-0.3, -0.25) is 0 Å². The van der Waals surface area contributed by atoms with Gasteiger partial charge in [0.15, 0.2) is 0 Å². The van der Waals surface area contributed by atoms with Crippen LogP contribution in [0.25, 0.3) is 0 Å². The van der Waals surface area contributed by atoms with Crippen molar-refractivity contribution in [2.24, 2.45) is 0 Å². The summed E-state index contributed by atoms with van der Waals surface area (Å²) in [5.41, 5.74) is 0. The lowest BCUT2D eigenvalue weighted by Gasteiger charge is -2.41. The standard InChI is InChI=1S/C9H20O6/c1-6-15-9(10,14-5)8(12-3,13-4)7-11-2/h10H,6-7H2,1-5H3. The molecule has 0 aromatic rings. The first-order chi connectivity index (χ1) is 7.05. The molecule has 0 aliphatic rings. The summed E-state index contributed by atoms with van der Waals surface area (Å²) < 4.78 is 25.1. The van der Waals surface area contributed by atoms with Crippen molar-refractivity contribution >= 4 is 0 Å². The van der Waals surface area contributed by atoms with Crippen LogP contribution < -0.4 is 0 Å². The van der Waals surface area contributed by atoms with E-state index in [1.54, 1.807) is 6.92 Å². The van der Waals surface area contributed by atoms with E-state index in [0.29, 0.717) is 0 Å². The first kappa shape index (κ1) is 14.8. The van der Waals surface area contributed by atoms with Crippen molar-refractivity contribution in [2.75, 3.05) is 41.7 Å². The summed E-state index contributed by atoms with van der Waals surface area (Å²) >= 11 is 0. The topological polar surface area (TPSA) is 66.4 Å². The van der Waals surface area contributed by atoms with Gasteiger partial charge in [0.1, 0.15) is 6.61 Å². The average Bonchev–Trinajstić information content (AvgIpc) is 2.26. The number of rotatable bonds is 8. The maximum absolute atomic E-state index is 10.1. The molecule has 0 aromatic heterocycles. The number of aliphatic hydroxyl groups is 1. The maximum Gasteiger partial charge on any atom is 0.340 e. The Balaban J connectivity index is 4.97. The summed E-state index contributed by atoms with van der Waals surface area (Å²) in [6.45, 7) is 1.92. The van der Waals surface area contributed by atoms with Crippen LogP contribution in [0.1, 0.15) is 6.92 Å². The first-order valence-electron chi connectivity index (χ1n) is 4.56. The quantitative estimate of drug-likeness (QED) is 0.583. The van der Waals surface area contributed by atoms with E-state index in [9.17, 15) is 5.11 Å². The van der Waals surface area contributed by atoms with Crippen LogP contribution in [0.5, 0.6) is 0 Å². The van der Waals surface area contributed by atoms with Crippen LogP contribution in [0.4, 0.5) is 0 Å². The maximum atomic E-state index is 10.1. The first-order valence-corrected chi connectivity index (χ1v) is 4.56. The van der Waals surface area contributed by atoms with Gasteiger partial charge in [0, 0.05) is 35.0 Å². The van der Waals surface area contributed by atoms with Crippen molar-refractivity contribution < 1.29 is 28.8 Å². The molecule has 0 spiro atoms. The highest BCUT2D eigenvalue weighted by Gasteiger charge is 2.55. The zero-order chi connectivity index (χ0) is 11.9. The molecular formula is C9H20O6. The molecule has 0 fully saturated rings. The molecule has 0 rings (SSSR count). The van der Waals surface area contributed by atoms with Gasteiger partial charge in [-0.15, -0.1) is 0 Å². The highest BCUT2D eigenvalue weighted by molar-refractivity contribution is 4.79. The molecule has 0 saturated carbocycles. The average molecular weight is 224 g/mol. The third-order valence-electron chi connectivity index (χ3n) is 2.09. The summed E-state index contributed by atoms with van der Waals surface area (Å²) in [7, 11) is 5.48. The van der Waals surface area contributed by atoms with Crippen molar-refractivity contribution in [1.29, 1.82) is 0 Å². The Morgan fingerprint density at radius 2 is 1.53 bits per heavy atom. The zero-order valence-corrected chi connectivity index (χ0v) is 9.90. The van der Waals surface area contributed by atoms with Crippen molar-refractivity contribution in [2.45, 2.75) is 18.7 Å². The van der Waals surface area contributed by atoms with Crippen molar-refractivity contribution in [3.05, 3.63) is 0 Å². The van der Waals surface area contributed by atoms with E-state index < -0.39 is 11.8 Å². The third kappa shape index (κ3) is 2.87. The van der Waals surface area contributed by atoms with E-state index in [2.05, 4.69) is 0 Å². The lowest BCUT2D eigenvalue weighted by atomic mass is 10.2. The molecule has 0 amide bonds. The molecular weight excluding hydrogens is 204 g/mol. The molecule has 1 N–H and O–H groups in total. The lowest BCUT2D eigenvalue weighted by Crippen LogP contribution is -2.62. The molecule has 0 radical (unpaired) electrons. The van der Waals surface area contributed by atoms with Gasteiger partial charge in [-0.05, 0) is 6.92 Å². The molecule has 0 heterocycles. The van der Waals surface area contributed by atoms with Crippen LogP contribution in [0.3, 0.4) is 0 Å². The lowest BCUT2D eigenvalue weighted by molar-refractivity contribution is -0.479. The van der Waals surface area contributed by atoms with Crippen LogP contribution in [-0.4, -0.2) is 58.5 Å². The minimum absolute atomic E-state index is 0.0374. The fourth-order valence-corrected chi connectivity index (χ4v) is 1.26. The Morgan fingerprint density at radius 3 is 1.80 bits per heavy atom. The zero-order valence-electron chi connectivity index (χ0n) is 9.90. The Hall–Kier alpha value is -0.240. The highest BCUT2D eigenvalue weighted by atomic mass is 16.9. The molecule has 0 aromatic carbocycles. The predicted octanol–water partition coefficient (Wildman–Crippen LogP) is -0.0491. The number of methoxy groups -OCH3 is 4. The van der Waals surface area contributed by atoms with Gasteiger partial charge in [0.05, 0.1) is 0 Å². The Bertz CT molecular complexity index is 170. The van der Waals surface area contributed by atoms with Gasteiger partial charge in [-0.25, -0.2) is 0 Å². The van der Waals surface area contributed by atoms with Crippen LogP contribution in [0.15, 0.2) is 0 Å². The van der Waals surface area contributed by atoms with E-state index in [-0.39, 0.29) is 13.2 Å². The summed E-state index contributed by atoms with van der Waals surface area (Å²) in [6.07, 6.45) is 0. The summed E-state index contributed by atoms with van der Waals surface area (Å²) in [4.78, 5) is 0. The molecule has 6 heteroatoms. The van der Waals surface area contributed by atoms with Gasteiger partial charge < -0.3 is 28.8 Å². The van der Waals surface area contributed by atoms with E-state index in [4.69, 9.17) is 23.7 Å².